The zero-order valence-electron chi connectivity index (χ0n) is 21.2. The van der Waals surface area contributed by atoms with Gasteiger partial charge in [0, 0.05) is 36.0 Å². The normalized spacial score (nSPS) is 36.3. The largest absolute Gasteiger partial charge is 0.497 e. The maximum Gasteiger partial charge on any atom is 0.471 e. The molecule has 2 aliphatic heterocycles. The van der Waals surface area contributed by atoms with Gasteiger partial charge in [0.15, 0.2) is 0 Å². The van der Waals surface area contributed by atoms with Crippen molar-refractivity contribution < 1.29 is 32.2 Å². The van der Waals surface area contributed by atoms with E-state index < -0.39 is 29.1 Å². The molecule has 5 aliphatic rings. The highest BCUT2D eigenvalue weighted by atomic mass is 19.4. The van der Waals surface area contributed by atoms with Crippen LogP contribution in [-0.4, -0.2) is 65.9 Å². The molecule has 2 saturated carbocycles. The molecule has 2 heterocycles. The number of hydrogen-bond donors (Lipinski definition) is 0. The number of ether oxygens (including phenoxy) is 2. The summed E-state index contributed by atoms with van der Waals surface area (Å²) in [6, 6.07) is 5.51. The van der Waals surface area contributed by atoms with Crippen LogP contribution in [0.4, 0.5) is 18.0 Å². The first kappa shape index (κ1) is 23.9. The SMILES string of the molecule is COc1ccc2c(c1)[C@]13CCN(C(=O)OC(C)(C)C)[C@H](C2)[C@]12CCC1C3[C@@H](CN1C(=O)C(F)(F)F)C2. The summed E-state index contributed by atoms with van der Waals surface area (Å²) in [6.45, 7) is 6.20. The average molecular weight is 507 g/mol. The third kappa shape index (κ3) is 2.97. The molecule has 36 heavy (non-hydrogen) atoms. The van der Waals surface area contributed by atoms with Crippen molar-refractivity contribution in [3.05, 3.63) is 29.3 Å². The van der Waals surface area contributed by atoms with E-state index in [0.717, 1.165) is 28.2 Å². The number of piperidine rings is 1. The van der Waals surface area contributed by atoms with E-state index in [9.17, 15) is 22.8 Å². The molecule has 1 aromatic carbocycles. The van der Waals surface area contributed by atoms with E-state index in [1.165, 1.54) is 0 Å². The third-order valence-electron chi connectivity index (χ3n) is 9.83. The summed E-state index contributed by atoms with van der Waals surface area (Å²) in [4.78, 5) is 28.9. The maximum absolute atomic E-state index is 13.5. The molecule has 0 spiro atoms. The lowest BCUT2D eigenvalue weighted by Gasteiger charge is -2.66. The van der Waals surface area contributed by atoms with Crippen molar-refractivity contribution in [2.24, 2.45) is 17.3 Å². The van der Waals surface area contributed by atoms with Crippen LogP contribution in [0, 0.1) is 17.3 Å². The molecule has 4 bridgehead atoms. The van der Waals surface area contributed by atoms with Crippen LogP contribution in [0.3, 0.4) is 0 Å². The van der Waals surface area contributed by atoms with Gasteiger partial charge in [-0.15, -0.1) is 0 Å². The first-order valence-electron chi connectivity index (χ1n) is 12.9. The third-order valence-corrected chi connectivity index (χ3v) is 9.83. The zero-order chi connectivity index (χ0) is 25.8. The number of halogens is 3. The Morgan fingerprint density at radius 3 is 2.53 bits per heavy atom. The molecule has 2 saturated heterocycles. The van der Waals surface area contributed by atoms with Crippen LogP contribution in [0.1, 0.15) is 57.6 Å². The molecule has 0 radical (unpaired) electrons. The molecule has 3 aliphatic carbocycles. The van der Waals surface area contributed by atoms with Gasteiger partial charge in [-0.2, -0.15) is 13.2 Å². The Bertz CT molecular complexity index is 1130. The number of likely N-dealkylation sites (tertiary alicyclic amines) is 2. The van der Waals surface area contributed by atoms with Crippen molar-refractivity contribution in [2.45, 2.75) is 82.2 Å². The standard InChI is InChI=1S/C27H33F3N2O4/c1-24(2,3)36-23(34)31-10-9-26-18-12-17(35-4)6-5-15(18)11-20(31)25(26)8-7-19-21(26)16(13-25)14-32(19)22(33)27(28,29)30/h5-6,12,16,19-21H,7-11,13-14H2,1-4H3/t16-,19?,20-,21?,25-,26+/m1/s1. The minimum atomic E-state index is -4.87. The number of benzene rings is 1. The Kier molecular flexibility index (Phi) is 4.86. The molecule has 196 valence electrons. The molecular formula is C27H33F3N2O4. The van der Waals surface area contributed by atoms with E-state index in [0.29, 0.717) is 32.2 Å². The number of nitrogens with zero attached hydrogens (tertiary/aromatic N) is 2. The van der Waals surface area contributed by atoms with Crippen molar-refractivity contribution in [1.29, 1.82) is 0 Å². The van der Waals surface area contributed by atoms with Gasteiger partial charge in [-0.1, -0.05) is 6.07 Å². The quantitative estimate of drug-likeness (QED) is 0.555. The lowest BCUT2D eigenvalue weighted by atomic mass is 9.43. The molecule has 1 aromatic rings. The van der Waals surface area contributed by atoms with Crippen LogP contribution in [0.2, 0.25) is 0 Å². The van der Waals surface area contributed by atoms with Crippen molar-refractivity contribution in [2.75, 3.05) is 20.2 Å². The molecular weight excluding hydrogens is 473 g/mol. The summed E-state index contributed by atoms with van der Waals surface area (Å²) < 4.78 is 52.0. The molecule has 0 aromatic heterocycles. The van der Waals surface area contributed by atoms with Gasteiger partial charge < -0.3 is 19.3 Å². The topological polar surface area (TPSA) is 59.1 Å². The number of hydrogen-bond acceptors (Lipinski definition) is 4. The van der Waals surface area contributed by atoms with E-state index in [-0.39, 0.29) is 35.9 Å². The number of fused-ring (bicyclic) bond motifs is 1. The molecule has 6 nitrogen and oxygen atoms in total. The van der Waals surface area contributed by atoms with Gasteiger partial charge in [-0.3, -0.25) is 4.79 Å². The monoisotopic (exact) mass is 506 g/mol. The molecule has 4 fully saturated rings. The maximum atomic E-state index is 13.5. The first-order chi connectivity index (χ1) is 16.8. The number of methoxy groups -OCH3 is 1. The Morgan fingerprint density at radius 2 is 1.86 bits per heavy atom. The average Bonchev–Trinajstić information content (AvgIpc) is 3.22. The highest BCUT2D eigenvalue weighted by Crippen LogP contribution is 2.75. The van der Waals surface area contributed by atoms with Crippen LogP contribution in [0.25, 0.3) is 0 Å². The van der Waals surface area contributed by atoms with Gasteiger partial charge in [0.2, 0.25) is 0 Å². The first-order valence-corrected chi connectivity index (χ1v) is 12.9. The van der Waals surface area contributed by atoms with Gasteiger partial charge in [-0.25, -0.2) is 4.79 Å². The molecule has 0 N–H and O–H groups in total. The van der Waals surface area contributed by atoms with Crippen molar-refractivity contribution in [1.82, 2.24) is 9.80 Å². The van der Waals surface area contributed by atoms with Crippen molar-refractivity contribution >= 4 is 12.0 Å². The lowest BCUT2D eigenvalue weighted by Crippen LogP contribution is -2.70. The van der Waals surface area contributed by atoms with Crippen molar-refractivity contribution in [3.63, 3.8) is 0 Å². The van der Waals surface area contributed by atoms with E-state index in [1.54, 1.807) is 7.11 Å². The van der Waals surface area contributed by atoms with Crippen LogP contribution in [0.15, 0.2) is 18.2 Å². The molecule has 6 rings (SSSR count). The summed E-state index contributed by atoms with van der Waals surface area (Å²) in [7, 11) is 1.62. The molecule has 2 unspecified atom stereocenters. The summed E-state index contributed by atoms with van der Waals surface area (Å²) in [5, 5.41) is 0. The Hall–Kier alpha value is -2.45. The molecule has 9 heteroatoms. The summed E-state index contributed by atoms with van der Waals surface area (Å²) in [5.74, 6) is -1.07. The van der Waals surface area contributed by atoms with Crippen LogP contribution in [0.5, 0.6) is 5.75 Å². The minimum absolute atomic E-state index is 0.0259. The van der Waals surface area contributed by atoms with Crippen molar-refractivity contribution in [3.8, 4) is 5.75 Å². The zero-order valence-corrected chi connectivity index (χ0v) is 21.2. The Morgan fingerprint density at radius 1 is 1.11 bits per heavy atom. The van der Waals surface area contributed by atoms with Crippen LogP contribution >= 0.6 is 0 Å². The Labute approximate surface area is 209 Å². The van der Waals surface area contributed by atoms with E-state index in [2.05, 4.69) is 6.07 Å². The number of amides is 2. The summed E-state index contributed by atoms with van der Waals surface area (Å²) in [6.07, 6.45) is -1.92. The highest BCUT2D eigenvalue weighted by Gasteiger charge is 2.77. The highest BCUT2D eigenvalue weighted by molar-refractivity contribution is 5.83. The smallest absolute Gasteiger partial charge is 0.471 e. The van der Waals surface area contributed by atoms with Gasteiger partial charge in [0.05, 0.1) is 7.11 Å². The fourth-order valence-electron chi connectivity index (χ4n) is 9.05. The van der Waals surface area contributed by atoms with Gasteiger partial charge in [-0.05, 0) is 88.0 Å². The second-order valence-corrected chi connectivity index (χ2v) is 12.3. The van der Waals surface area contributed by atoms with Gasteiger partial charge in [0.25, 0.3) is 0 Å². The predicted molar refractivity (Wildman–Crippen MR) is 125 cm³/mol. The van der Waals surface area contributed by atoms with Crippen LogP contribution in [-0.2, 0) is 21.4 Å². The van der Waals surface area contributed by atoms with Crippen LogP contribution < -0.4 is 4.74 Å². The summed E-state index contributed by atoms with van der Waals surface area (Å²) >= 11 is 0. The second-order valence-electron chi connectivity index (χ2n) is 12.3. The molecule has 6 atom stereocenters. The number of rotatable bonds is 1. The van der Waals surface area contributed by atoms with Gasteiger partial charge in [0.1, 0.15) is 11.4 Å². The van der Waals surface area contributed by atoms with E-state index in [4.69, 9.17) is 9.47 Å². The Balaban J connectivity index is 1.48. The van der Waals surface area contributed by atoms with E-state index >= 15 is 0 Å². The summed E-state index contributed by atoms with van der Waals surface area (Å²) in [5.41, 5.74) is 1.01. The fraction of sp³-hybridized carbons (Fsp3) is 0.704. The van der Waals surface area contributed by atoms with E-state index in [1.807, 2.05) is 37.8 Å². The second kappa shape index (κ2) is 7.32. The minimum Gasteiger partial charge on any atom is -0.497 e. The number of alkyl halides is 3. The van der Waals surface area contributed by atoms with Gasteiger partial charge >= 0.3 is 18.2 Å². The molecule has 2 amide bonds. The number of carbonyl (C=O) groups excluding carboxylic acids is 2. The lowest BCUT2D eigenvalue weighted by molar-refractivity contribution is -0.189. The fourth-order valence-corrected chi connectivity index (χ4v) is 9.05. The number of carbonyl (C=O) groups is 2. The predicted octanol–water partition coefficient (Wildman–Crippen LogP) is 4.69.